The summed E-state index contributed by atoms with van der Waals surface area (Å²) in [5, 5.41) is 0.587. The first-order valence-electron chi connectivity index (χ1n) is 5.39. The molecule has 0 bridgehead atoms. The van der Waals surface area contributed by atoms with Crippen LogP contribution in [0.2, 0.25) is 0 Å². The molecule has 0 radical (unpaired) electrons. The number of hydrogen-bond acceptors (Lipinski definition) is 2. The molecule has 0 spiro atoms. The highest BCUT2D eigenvalue weighted by molar-refractivity contribution is 7.80. The zero-order chi connectivity index (χ0) is 10.0. The minimum absolute atomic E-state index is 0.587. The highest BCUT2D eigenvalue weighted by Gasteiger charge is 2.33. The Morgan fingerprint density at radius 1 is 1.31 bits per heavy atom. The number of rotatable bonds is 4. The molecule has 1 unspecified atom stereocenters. The summed E-state index contributed by atoms with van der Waals surface area (Å²) < 4.78 is 0. The molecule has 1 atom stereocenters. The Hall–Kier alpha value is 0.310. The Bertz CT molecular complexity index is 150. The number of thiol groups is 1. The summed E-state index contributed by atoms with van der Waals surface area (Å²) >= 11 is 4.48. The standard InChI is InChI=1S/C11H23NS/c1-8(2)7-12(4)11-5-10(6-11)9(3)13/h8-11,13H,5-7H2,1-4H3. The van der Waals surface area contributed by atoms with Crippen LogP contribution >= 0.6 is 12.6 Å². The second kappa shape index (κ2) is 4.70. The zero-order valence-electron chi connectivity index (χ0n) is 9.33. The van der Waals surface area contributed by atoms with Gasteiger partial charge in [-0.3, -0.25) is 0 Å². The minimum Gasteiger partial charge on any atom is -0.303 e. The Morgan fingerprint density at radius 2 is 1.85 bits per heavy atom. The average Bonchev–Trinajstić information content (AvgIpc) is 1.79. The van der Waals surface area contributed by atoms with Gasteiger partial charge in [-0.15, -0.1) is 0 Å². The molecule has 0 N–H and O–H groups in total. The second-order valence-corrected chi connectivity index (χ2v) is 5.77. The lowest BCUT2D eigenvalue weighted by Crippen LogP contribution is -2.46. The van der Waals surface area contributed by atoms with E-state index in [1.807, 2.05) is 0 Å². The van der Waals surface area contributed by atoms with E-state index in [0.29, 0.717) is 5.25 Å². The van der Waals surface area contributed by atoms with Gasteiger partial charge in [0.1, 0.15) is 0 Å². The fraction of sp³-hybridized carbons (Fsp3) is 1.00. The largest absolute Gasteiger partial charge is 0.303 e. The highest BCUT2D eigenvalue weighted by Crippen LogP contribution is 2.35. The molecule has 0 aromatic heterocycles. The summed E-state index contributed by atoms with van der Waals surface area (Å²) in [7, 11) is 2.25. The summed E-state index contributed by atoms with van der Waals surface area (Å²) in [4.78, 5) is 2.51. The van der Waals surface area contributed by atoms with E-state index in [-0.39, 0.29) is 0 Å². The van der Waals surface area contributed by atoms with E-state index in [9.17, 15) is 0 Å². The molecule has 0 amide bonds. The van der Waals surface area contributed by atoms with E-state index in [0.717, 1.165) is 17.9 Å². The van der Waals surface area contributed by atoms with Crippen LogP contribution in [-0.2, 0) is 0 Å². The highest BCUT2D eigenvalue weighted by atomic mass is 32.1. The van der Waals surface area contributed by atoms with Gasteiger partial charge in [-0.1, -0.05) is 20.8 Å². The maximum Gasteiger partial charge on any atom is 0.00984 e. The van der Waals surface area contributed by atoms with E-state index in [4.69, 9.17) is 0 Å². The summed E-state index contributed by atoms with van der Waals surface area (Å²) in [6, 6.07) is 0.835. The summed E-state index contributed by atoms with van der Waals surface area (Å²) in [5.41, 5.74) is 0. The third-order valence-electron chi connectivity index (χ3n) is 3.11. The zero-order valence-corrected chi connectivity index (χ0v) is 10.2. The van der Waals surface area contributed by atoms with E-state index < -0.39 is 0 Å². The molecule has 1 rings (SSSR count). The van der Waals surface area contributed by atoms with Crippen LogP contribution in [0.15, 0.2) is 0 Å². The molecule has 2 heteroatoms. The van der Waals surface area contributed by atoms with Crippen molar-refractivity contribution in [2.75, 3.05) is 13.6 Å². The predicted molar refractivity (Wildman–Crippen MR) is 62.4 cm³/mol. The molecule has 0 heterocycles. The average molecular weight is 201 g/mol. The molecule has 1 nitrogen and oxygen atoms in total. The van der Waals surface area contributed by atoms with Gasteiger partial charge in [-0.25, -0.2) is 0 Å². The maximum atomic E-state index is 4.48. The van der Waals surface area contributed by atoms with Crippen LogP contribution in [0.1, 0.15) is 33.6 Å². The monoisotopic (exact) mass is 201 g/mol. The lowest BCUT2D eigenvalue weighted by molar-refractivity contribution is 0.0924. The summed E-state index contributed by atoms with van der Waals surface area (Å²) in [6.45, 7) is 8.02. The van der Waals surface area contributed by atoms with Gasteiger partial charge in [0.15, 0.2) is 0 Å². The number of hydrogen-bond donors (Lipinski definition) is 1. The molecule has 0 aromatic carbocycles. The summed E-state index contributed by atoms with van der Waals surface area (Å²) in [6.07, 6.45) is 2.71. The van der Waals surface area contributed by atoms with Gasteiger partial charge in [0.25, 0.3) is 0 Å². The molecule has 1 fully saturated rings. The van der Waals surface area contributed by atoms with Crippen LogP contribution in [-0.4, -0.2) is 29.8 Å². The maximum absolute atomic E-state index is 4.48. The topological polar surface area (TPSA) is 3.24 Å². The molecule has 1 aliphatic rings. The van der Waals surface area contributed by atoms with Crippen LogP contribution in [0.5, 0.6) is 0 Å². The van der Waals surface area contributed by atoms with Crippen molar-refractivity contribution in [3.8, 4) is 0 Å². The molecule has 1 saturated carbocycles. The van der Waals surface area contributed by atoms with Crippen molar-refractivity contribution < 1.29 is 0 Å². The van der Waals surface area contributed by atoms with E-state index in [1.165, 1.54) is 19.4 Å². The minimum atomic E-state index is 0.587. The van der Waals surface area contributed by atoms with E-state index >= 15 is 0 Å². The third kappa shape index (κ3) is 3.17. The van der Waals surface area contributed by atoms with Gasteiger partial charge < -0.3 is 4.90 Å². The lowest BCUT2D eigenvalue weighted by Gasteiger charge is -2.43. The first-order chi connectivity index (χ1) is 6.00. The van der Waals surface area contributed by atoms with Crippen molar-refractivity contribution in [1.82, 2.24) is 4.90 Å². The molecule has 1 aliphatic carbocycles. The molecule has 0 saturated heterocycles. The van der Waals surface area contributed by atoms with Gasteiger partial charge in [-0.05, 0) is 31.7 Å². The third-order valence-corrected chi connectivity index (χ3v) is 3.53. The Balaban J connectivity index is 2.19. The molecule has 78 valence electrons. The molecular weight excluding hydrogens is 178 g/mol. The van der Waals surface area contributed by atoms with E-state index in [1.54, 1.807) is 0 Å². The fourth-order valence-corrected chi connectivity index (χ4v) is 2.35. The predicted octanol–water partition coefficient (Wildman–Crippen LogP) is 2.67. The van der Waals surface area contributed by atoms with E-state index in [2.05, 4.69) is 45.3 Å². The van der Waals surface area contributed by atoms with Gasteiger partial charge in [0.2, 0.25) is 0 Å². The van der Waals surface area contributed by atoms with Crippen molar-refractivity contribution in [2.24, 2.45) is 11.8 Å². The lowest BCUT2D eigenvalue weighted by atomic mass is 9.77. The Labute approximate surface area is 88.3 Å². The normalized spacial score (nSPS) is 30.7. The first kappa shape index (κ1) is 11.4. The van der Waals surface area contributed by atoms with Crippen LogP contribution in [0, 0.1) is 11.8 Å². The van der Waals surface area contributed by atoms with Gasteiger partial charge in [0, 0.05) is 17.8 Å². The van der Waals surface area contributed by atoms with Crippen molar-refractivity contribution >= 4 is 12.6 Å². The van der Waals surface area contributed by atoms with Crippen molar-refractivity contribution in [1.29, 1.82) is 0 Å². The first-order valence-corrected chi connectivity index (χ1v) is 5.90. The van der Waals surface area contributed by atoms with Gasteiger partial charge in [-0.2, -0.15) is 12.6 Å². The van der Waals surface area contributed by atoms with Crippen LogP contribution < -0.4 is 0 Å². The molecule has 13 heavy (non-hydrogen) atoms. The second-order valence-electron chi connectivity index (χ2n) is 4.96. The number of nitrogens with zero attached hydrogens (tertiary/aromatic N) is 1. The smallest absolute Gasteiger partial charge is 0.00984 e. The Morgan fingerprint density at radius 3 is 2.23 bits per heavy atom. The fourth-order valence-electron chi connectivity index (χ4n) is 2.11. The van der Waals surface area contributed by atoms with Gasteiger partial charge in [0.05, 0.1) is 0 Å². The SMILES string of the molecule is CC(C)CN(C)C1CC(C(C)S)C1. The van der Waals surface area contributed by atoms with Crippen molar-refractivity contribution in [3.05, 3.63) is 0 Å². The van der Waals surface area contributed by atoms with Crippen molar-refractivity contribution in [2.45, 2.75) is 44.9 Å². The van der Waals surface area contributed by atoms with Crippen LogP contribution in [0.3, 0.4) is 0 Å². The van der Waals surface area contributed by atoms with Crippen LogP contribution in [0.4, 0.5) is 0 Å². The molecule has 0 aliphatic heterocycles. The van der Waals surface area contributed by atoms with Crippen LogP contribution in [0.25, 0.3) is 0 Å². The van der Waals surface area contributed by atoms with Gasteiger partial charge >= 0.3 is 0 Å². The van der Waals surface area contributed by atoms with Crippen molar-refractivity contribution in [3.63, 3.8) is 0 Å². The Kier molecular flexibility index (Phi) is 4.11. The quantitative estimate of drug-likeness (QED) is 0.684. The molecule has 0 aromatic rings. The summed E-state index contributed by atoms with van der Waals surface area (Å²) in [5.74, 6) is 1.65. The molecular formula is C11H23NS.